The van der Waals surface area contributed by atoms with Crippen LogP contribution in [0, 0.1) is 6.92 Å². The van der Waals surface area contributed by atoms with E-state index in [1.165, 1.54) is 27.6 Å². The van der Waals surface area contributed by atoms with Crippen LogP contribution < -0.4 is 0 Å². The van der Waals surface area contributed by atoms with Gasteiger partial charge in [-0.2, -0.15) is 0 Å². The molecule has 1 atom stereocenters. The topological polar surface area (TPSA) is 57.6 Å². The molecule has 96 valence electrons. The molecule has 0 spiro atoms. The zero-order valence-electron chi connectivity index (χ0n) is 9.83. The van der Waals surface area contributed by atoms with Gasteiger partial charge in [0.2, 0.25) is 5.91 Å². The molecular formula is C12H13NO3S2. The van der Waals surface area contributed by atoms with Crippen molar-refractivity contribution in [2.24, 2.45) is 0 Å². The van der Waals surface area contributed by atoms with Crippen LogP contribution in [-0.2, 0) is 9.59 Å². The molecule has 0 aliphatic carbocycles. The molecule has 1 aromatic heterocycles. The monoisotopic (exact) mass is 283 g/mol. The summed E-state index contributed by atoms with van der Waals surface area (Å²) in [5.41, 5.74) is 0. The van der Waals surface area contributed by atoms with Crippen LogP contribution in [0.1, 0.15) is 9.75 Å². The Morgan fingerprint density at radius 2 is 2.28 bits per heavy atom. The molecule has 1 N–H and O–H groups in total. The Kier molecular flexibility index (Phi) is 4.08. The molecule has 1 unspecified atom stereocenters. The number of rotatable bonds is 3. The van der Waals surface area contributed by atoms with E-state index in [0.717, 1.165) is 4.88 Å². The average molecular weight is 283 g/mol. The van der Waals surface area contributed by atoms with Gasteiger partial charge in [0.05, 0.1) is 5.88 Å². The van der Waals surface area contributed by atoms with Gasteiger partial charge in [-0.1, -0.05) is 0 Å². The van der Waals surface area contributed by atoms with E-state index in [2.05, 4.69) is 0 Å². The number of thiophene rings is 1. The largest absolute Gasteiger partial charge is 0.480 e. The third-order valence-electron chi connectivity index (χ3n) is 2.60. The lowest BCUT2D eigenvalue weighted by atomic mass is 10.3. The summed E-state index contributed by atoms with van der Waals surface area (Å²) >= 11 is 3.07. The van der Waals surface area contributed by atoms with Gasteiger partial charge in [0.25, 0.3) is 0 Å². The minimum atomic E-state index is -0.936. The molecule has 2 rings (SSSR count). The van der Waals surface area contributed by atoms with Crippen molar-refractivity contribution in [2.75, 3.05) is 11.6 Å². The quantitative estimate of drug-likeness (QED) is 0.863. The molecule has 4 nitrogen and oxygen atoms in total. The fourth-order valence-electron chi connectivity index (χ4n) is 1.66. The van der Waals surface area contributed by atoms with Crippen molar-refractivity contribution in [3.05, 3.63) is 28.0 Å². The van der Waals surface area contributed by atoms with Crippen LogP contribution in [0.5, 0.6) is 0 Å². The van der Waals surface area contributed by atoms with Gasteiger partial charge in [-0.3, -0.25) is 4.79 Å². The summed E-state index contributed by atoms with van der Waals surface area (Å²) in [5, 5.41) is 8.99. The molecule has 1 saturated heterocycles. The number of amides is 1. The summed E-state index contributed by atoms with van der Waals surface area (Å²) in [6, 6.07) is 3.23. The first-order valence-electron chi connectivity index (χ1n) is 5.43. The summed E-state index contributed by atoms with van der Waals surface area (Å²) in [7, 11) is 0. The second-order valence-corrected chi connectivity index (χ2v) is 6.26. The smallest absolute Gasteiger partial charge is 0.327 e. The highest BCUT2D eigenvalue weighted by molar-refractivity contribution is 7.99. The standard InChI is InChI=1S/C12H13NO3S2/c1-8-2-3-9(18-8)4-5-11(14)13-7-17-6-10(13)12(15)16/h2-5,10H,6-7H2,1H3,(H,15,16)/b5-4+. The summed E-state index contributed by atoms with van der Waals surface area (Å²) in [6.45, 7) is 2.00. The lowest BCUT2D eigenvalue weighted by Gasteiger charge is -2.18. The van der Waals surface area contributed by atoms with Gasteiger partial charge in [0.1, 0.15) is 6.04 Å². The maximum absolute atomic E-state index is 11.9. The van der Waals surface area contributed by atoms with Crippen LogP contribution in [-0.4, -0.2) is 39.6 Å². The van der Waals surface area contributed by atoms with E-state index in [0.29, 0.717) is 11.6 Å². The molecule has 1 aliphatic heterocycles. The molecule has 1 aromatic rings. The molecule has 1 fully saturated rings. The SMILES string of the molecule is Cc1ccc(/C=C/C(=O)N2CSCC2C(=O)O)s1. The van der Waals surface area contributed by atoms with E-state index in [9.17, 15) is 9.59 Å². The summed E-state index contributed by atoms with van der Waals surface area (Å²) < 4.78 is 0. The Hall–Kier alpha value is -1.27. The molecule has 6 heteroatoms. The first kappa shape index (κ1) is 13.2. The van der Waals surface area contributed by atoms with Crippen molar-refractivity contribution >= 4 is 41.1 Å². The third-order valence-corrected chi connectivity index (χ3v) is 4.58. The number of aliphatic carboxylic acids is 1. The van der Waals surface area contributed by atoms with Gasteiger partial charge in [-0.25, -0.2) is 4.79 Å². The van der Waals surface area contributed by atoms with Crippen LogP contribution in [0.4, 0.5) is 0 Å². The maximum Gasteiger partial charge on any atom is 0.327 e. The number of aryl methyl sites for hydroxylation is 1. The molecule has 0 bridgehead atoms. The van der Waals surface area contributed by atoms with Crippen LogP contribution in [0.2, 0.25) is 0 Å². The number of carbonyl (C=O) groups is 2. The molecule has 0 aromatic carbocycles. The van der Waals surface area contributed by atoms with Crippen molar-refractivity contribution in [3.8, 4) is 0 Å². The Morgan fingerprint density at radius 1 is 1.50 bits per heavy atom. The minimum Gasteiger partial charge on any atom is -0.480 e. The molecule has 1 amide bonds. The molecule has 1 aliphatic rings. The lowest BCUT2D eigenvalue weighted by Crippen LogP contribution is -2.40. The van der Waals surface area contributed by atoms with Gasteiger partial charge < -0.3 is 10.0 Å². The van der Waals surface area contributed by atoms with E-state index < -0.39 is 12.0 Å². The summed E-state index contributed by atoms with van der Waals surface area (Å²) in [6.07, 6.45) is 3.19. The number of hydrogen-bond acceptors (Lipinski definition) is 4. The molecule has 0 saturated carbocycles. The highest BCUT2D eigenvalue weighted by atomic mass is 32.2. The number of nitrogens with zero attached hydrogens (tertiary/aromatic N) is 1. The summed E-state index contributed by atoms with van der Waals surface area (Å²) in [4.78, 5) is 26.4. The Labute approximate surface area is 113 Å². The summed E-state index contributed by atoms with van der Waals surface area (Å²) in [5.74, 6) is -0.261. The van der Waals surface area contributed by atoms with E-state index in [1.807, 2.05) is 19.1 Å². The number of thioether (sulfide) groups is 1. The van der Waals surface area contributed by atoms with Gasteiger partial charge in [0, 0.05) is 21.6 Å². The second-order valence-electron chi connectivity index (χ2n) is 3.94. The van der Waals surface area contributed by atoms with Crippen molar-refractivity contribution in [3.63, 3.8) is 0 Å². The predicted molar refractivity (Wildman–Crippen MR) is 73.7 cm³/mol. The van der Waals surface area contributed by atoms with Gasteiger partial charge in [-0.15, -0.1) is 23.1 Å². The van der Waals surface area contributed by atoms with Crippen molar-refractivity contribution in [2.45, 2.75) is 13.0 Å². The van der Waals surface area contributed by atoms with Gasteiger partial charge in [0.15, 0.2) is 0 Å². The first-order chi connectivity index (χ1) is 8.58. The highest BCUT2D eigenvalue weighted by Gasteiger charge is 2.33. The Balaban J connectivity index is 2.03. The van der Waals surface area contributed by atoms with E-state index >= 15 is 0 Å². The van der Waals surface area contributed by atoms with E-state index in [-0.39, 0.29) is 5.91 Å². The number of carbonyl (C=O) groups excluding carboxylic acids is 1. The number of carboxylic acid groups (broad SMARTS) is 1. The van der Waals surface area contributed by atoms with E-state index in [4.69, 9.17) is 5.11 Å². The van der Waals surface area contributed by atoms with Gasteiger partial charge in [-0.05, 0) is 25.1 Å². The molecule has 2 heterocycles. The number of carboxylic acids is 1. The second kappa shape index (κ2) is 5.58. The fourth-order valence-corrected chi connectivity index (χ4v) is 3.59. The first-order valence-corrected chi connectivity index (χ1v) is 7.40. The highest BCUT2D eigenvalue weighted by Crippen LogP contribution is 2.22. The number of hydrogen-bond donors (Lipinski definition) is 1. The maximum atomic E-state index is 11.9. The van der Waals surface area contributed by atoms with E-state index in [1.54, 1.807) is 17.4 Å². The van der Waals surface area contributed by atoms with Crippen molar-refractivity contribution in [1.29, 1.82) is 0 Å². The molecule has 18 heavy (non-hydrogen) atoms. The molecule has 0 radical (unpaired) electrons. The minimum absolute atomic E-state index is 0.238. The van der Waals surface area contributed by atoms with Crippen LogP contribution >= 0.6 is 23.1 Å². The van der Waals surface area contributed by atoms with Gasteiger partial charge >= 0.3 is 5.97 Å². The third kappa shape index (κ3) is 2.94. The Bertz CT molecular complexity index is 495. The van der Waals surface area contributed by atoms with Crippen LogP contribution in [0.15, 0.2) is 18.2 Å². The van der Waals surface area contributed by atoms with Crippen LogP contribution in [0.3, 0.4) is 0 Å². The van der Waals surface area contributed by atoms with Crippen LogP contribution in [0.25, 0.3) is 6.08 Å². The lowest BCUT2D eigenvalue weighted by molar-refractivity contribution is -0.146. The average Bonchev–Trinajstić information content (AvgIpc) is 2.94. The zero-order chi connectivity index (χ0) is 13.1. The zero-order valence-corrected chi connectivity index (χ0v) is 11.5. The van der Waals surface area contributed by atoms with Crippen molar-refractivity contribution < 1.29 is 14.7 Å². The normalized spacial score (nSPS) is 19.6. The van der Waals surface area contributed by atoms with Crippen molar-refractivity contribution in [1.82, 2.24) is 4.90 Å². The molecular weight excluding hydrogens is 270 g/mol. The predicted octanol–water partition coefficient (Wildman–Crippen LogP) is 2.06. The Morgan fingerprint density at radius 3 is 2.89 bits per heavy atom. The fraction of sp³-hybridized carbons (Fsp3) is 0.333.